The van der Waals surface area contributed by atoms with Gasteiger partial charge in [-0.05, 0) is 39.0 Å². The topological polar surface area (TPSA) is 35.2 Å². The number of nitrogens with two attached hydrogens (primary N) is 1. The quantitative estimate of drug-likeness (QED) is 0.493. The Morgan fingerprint density at radius 3 is 2.08 bits per heavy atom. The van der Waals surface area contributed by atoms with Gasteiger partial charge in [0.05, 0.1) is 0 Å². The van der Waals surface area contributed by atoms with E-state index in [9.17, 15) is 0 Å². The van der Waals surface area contributed by atoms with E-state index in [-0.39, 0.29) is 0 Å². The van der Waals surface area contributed by atoms with E-state index < -0.39 is 8.32 Å². The fourth-order valence-electron chi connectivity index (χ4n) is 0.978. The highest BCUT2D eigenvalue weighted by atomic mass is 28.4. The molecular formula is C9H23NOSi. The summed E-state index contributed by atoms with van der Waals surface area (Å²) in [7, 11) is -1.25. The van der Waals surface area contributed by atoms with Crippen LogP contribution < -0.4 is 5.73 Å². The molecule has 0 aliphatic carbocycles. The van der Waals surface area contributed by atoms with Crippen LogP contribution in [0.5, 0.6) is 0 Å². The van der Waals surface area contributed by atoms with Gasteiger partial charge in [-0.25, -0.2) is 0 Å². The van der Waals surface area contributed by atoms with Crippen LogP contribution in [0.3, 0.4) is 0 Å². The SMILES string of the molecule is C[Si](C)(C)OCCCCCCN. The minimum atomic E-state index is -1.25. The minimum absolute atomic E-state index is 0.828. The third-order valence-electron chi connectivity index (χ3n) is 1.63. The van der Waals surface area contributed by atoms with Crippen molar-refractivity contribution in [2.24, 2.45) is 5.73 Å². The predicted octanol–water partition coefficient (Wildman–Crippen LogP) is 2.36. The Morgan fingerprint density at radius 2 is 1.58 bits per heavy atom. The fourth-order valence-corrected chi connectivity index (χ4v) is 1.74. The maximum atomic E-state index is 5.72. The van der Waals surface area contributed by atoms with E-state index in [1.807, 2.05) is 0 Å². The van der Waals surface area contributed by atoms with Crippen LogP contribution in [-0.4, -0.2) is 21.5 Å². The van der Waals surface area contributed by atoms with Crippen molar-refractivity contribution in [2.75, 3.05) is 13.2 Å². The molecule has 0 spiro atoms. The largest absolute Gasteiger partial charge is 0.418 e. The van der Waals surface area contributed by atoms with E-state index >= 15 is 0 Å². The summed E-state index contributed by atoms with van der Waals surface area (Å²) >= 11 is 0. The van der Waals surface area contributed by atoms with Gasteiger partial charge in [-0.15, -0.1) is 0 Å². The van der Waals surface area contributed by atoms with Gasteiger partial charge in [0.1, 0.15) is 0 Å². The molecule has 0 heterocycles. The molecular weight excluding hydrogens is 166 g/mol. The second kappa shape index (κ2) is 6.63. The summed E-state index contributed by atoms with van der Waals surface area (Å²) in [4.78, 5) is 0. The van der Waals surface area contributed by atoms with Gasteiger partial charge in [-0.3, -0.25) is 0 Å². The molecule has 0 bridgehead atoms. The Morgan fingerprint density at radius 1 is 1.00 bits per heavy atom. The second-order valence-corrected chi connectivity index (χ2v) is 8.68. The normalized spacial score (nSPS) is 12.0. The van der Waals surface area contributed by atoms with Crippen LogP contribution >= 0.6 is 0 Å². The third-order valence-corrected chi connectivity index (χ3v) is 2.70. The van der Waals surface area contributed by atoms with Crippen molar-refractivity contribution in [3.05, 3.63) is 0 Å². The summed E-state index contributed by atoms with van der Waals surface area (Å²) < 4.78 is 5.72. The molecule has 0 aromatic rings. The summed E-state index contributed by atoms with van der Waals surface area (Å²) in [6.07, 6.45) is 4.88. The number of hydrogen-bond donors (Lipinski definition) is 1. The van der Waals surface area contributed by atoms with Gasteiger partial charge in [-0.2, -0.15) is 0 Å². The highest BCUT2D eigenvalue weighted by Gasteiger charge is 2.12. The molecule has 3 heteroatoms. The molecule has 0 rings (SSSR count). The predicted molar refractivity (Wildman–Crippen MR) is 56.8 cm³/mol. The van der Waals surface area contributed by atoms with Gasteiger partial charge in [0.25, 0.3) is 0 Å². The van der Waals surface area contributed by atoms with Crippen molar-refractivity contribution in [3.63, 3.8) is 0 Å². The van der Waals surface area contributed by atoms with Crippen LogP contribution in [0.1, 0.15) is 25.7 Å². The molecule has 0 saturated carbocycles. The molecule has 2 N–H and O–H groups in total. The molecule has 74 valence electrons. The summed E-state index contributed by atoms with van der Waals surface area (Å²) in [6.45, 7) is 8.46. The Hall–Kier alpha value is 0.137. The standard InChI is InChI=1S/C9H23NOSi/c1-12(2,3)11-9-7-5-4-6-8-10/h4-10H2,1-3H3. The molecule has 0 atom stereocenters. The lowest BCUT2D eigenvalue weighted by atomic mass is 10.2. The average molecular weight is 189 g/mol. The Balaban J connectivity index is 3.01. The van der Waals surface area contributed by atoms with E-state index in [1.165, 1.54) is 19.3 Å². The highest BCUT2D eigenvalue weighted by Crippen LogP contribution is 2.05. The van der Waals surface area contributed by atoms with Crippen LogP contribution in [0, 0.1) is 0 Å². The van der Waals surface area contributed by atoms with E-state index in [2.05, 4.69) is 19.6 Å². The first-order chi connectivity index (χ1) is 5.56. The Labute approximate surface area is 77.6 Å². The molecule has 0 radical (unpaired) electrons. The molecule has 0 aromatic carbocycles. The van der Waals surface area contributed by atoms with Crippen LogP contribution in [0.15, 0.2) is 0 Å². The highest BCUT2D eigenvalue weighted by molar-refractivity contribution is 6.69. The van der Waals surface area contributed by atoms with Crippen molar-refractivity contribution in [2.45, 2.75) is 45.3 Å². The van der Waals surface area contributed by atoms with E-state index in [4.69, 9.17) is 10.2 Å². The average Bonchev–Trinajstić information content (AvgIpc) is 1.94. The zero-order chi connectivity index (χ0) is 9.45. The Bertz CT molecular complexity index is 101. The summed E-state index contributed by atoms with van der Waals surface area (Å²) in [5.74, 6) is 0. The smallest absolute Gasteiger partial charge is 0.183 e. The monoisotopic (exact) mass is 189 g/mol. The maximum Gasteiger partial charge on any atom is 0.183 e. The summed E-state index contributed by atoms with van der Waals surface area (Å²) in [5, 5.41) is 0. The van der Waals surface area contributed by atoms with Crippen LogP contribution in [0.2, 0.25) is 19.6 Å². The summed E-state index contributed by atoms with van der Waals surface area (Å²) in [5.41, 5.74) is 5.39. The van der Waals surface area contributed by atoms with Gasteiger partial charge in [-0.1, -0.05) is 12.8 Å². The van der Waals surface area contributed by atoms with Crippen LogP contribution in [-0.2, 0) is 4.43 Å². The molecule has 0 fully saturated rings. The van der Waals surface area contributed by atoms with Gasteiger partial charge < -0.3 is 10.2 Å². The molecule has 0 aromatic heterocycles. The Kier molecular flexibility index (Phi) is 6.71. The first kappa shape index (κ1) is 12.1. The van der Waals surface area contributed by atoms with E-state index in [1.54, 1.807) is 0 Å². The van der Waals surface area contributed by atoms with E-state index in [0.717, 1.165) is 19.6 Å². The van der Waals surface area contributed by atoms with Crippen molar-refractivity contribution >= 4 is 8.32 Å². The maximum absolute atomic E-state index is 5.72. The number of unbranched alkanes of at least 4 members (excludes halogenated alkanes) is 3. The number of rotatable bonds is 7. The molecule has 0 saturated heterocycles. The van der Waals surface area contributed by atoms with Crippen molar-refractivity contribution in [3.8, 4) is 0 Å². The third kappa shape index (κ3) is 10.1. The van der Waals surface area contributed by atoms with E-state index in [0.29, 0.717) is 0 Å². The van der Waals surface area contributed by atoms with Gasteiger partial charge in [0.2, 0.25) is 0 Å². The lowest BCUT2D eigenvalue weighted by molar-refractivity contribution is 0.299. The lowest BCUT2D eigenvalue weighted by Gasteiger charge is -2.16. The molecule has 0 unspecified atom stereocenters. The lowest BCUT2D eigenvalue weighted by Crippen LogP contribution is -2.25. The molecule has 0 amide bonds. The van der Waals surface area contributed by atoms with Crippen molar-refractivity contribution in [1.82, 2.24) is 0 Å². The van der Waals surface area contributed by atoms with Crippen molar-refractivity contribution < 1.29 is 4.43 Å². The summed E-state index contributed by atoms with van der Waals surface area (Å²) in [6, 6.07) is 0. The van der Waals surface area contributed by atoms with Crippen molar-refractivity contribution in [1.29, 1.82) is 0 Å². The first-order valence-corrected chi connectivity index (χ1v) is 8.31. The zero-order valence-corrected chi connectivity index (χ0v) is 9.73. The first-order valence-electron chi connectivity index (χ1n) is 4.90. The second-order valence-electron chi connectivity index (χ2n) is 4.16. The van der Waals surface area contributed by atoms with Gasteiger partial charge in [0.15, 0.2) is 8.32 Å². The zero-order valence-electron chi connectivity index (χ0n) is 8.73. The van der Waals surface area contributed by atoms with Gasteiger partial charge in [0, 0.05) is 6.61 Å². The molecule has 0 aliphatic heterocycles. The fraction of sp³-hybridized carbons (Fsp3) is 1.00. The van der Waals surface area contributed by atoms with Gasteiger partial charge >= 0.3 is 0 Å². The van der Waals surface area contributed by atoms with Crippen LogP contribution in [0.25, 0.3) is 0 Å². The molecule has 2 nitrogen and oxygen atoms in total. The molecule has 12 heavy (non-hydrogen) atoms. The van der Waals surface area contributed by atoms with Crippen LogP contribution in [0.4, 0.5) is 0 Å². The minimum Gasteiger partial charge on any atom is -0.418 e. The number of hydrogen-bond acceptors (Lipinski definition) is 2. The molecule has 0 aliphatic rings.